The molecule has 90 valence electrons. The summed E-state index contributed by atoms with van der Waals surface area (Å²) in [6.45, 7) is 2.61. The first kappa shape index (κ1) is 13.0. The predicted octanol–water partition coefficient (Wildman–Crippen LogP) is 2.60. The third-order valence-electron chi connectivity index (χ3n) is 2.28. The first-order valence-corrected chi connectivity index (χ1v) is 4.85. The van der Waals surface area contributed by atoms with Crippen LogP contribution in [0.3, 0.4) is 0 Å². The summed E-state index contributed by atoms with van der Waals surface area (Å²) in [5.41, 5.74) is -1.56. The Hall–Kier alpha value is -1.07. The quantitative estimate of drug-likeness (QED) is 0.811. The molecular weight excluding hydrogens is 219 g/mol. The topological polar surface area (TPSA) is 35.2 Å². The highest BCUT2D eigenvalue weighted by molar-refractivity contribution is 5.30. The monoisotopic (exact) mass is 233 g/mol. The maximum Gasteiger partial charge on any atom is 0.162 e. The highest BCUT2D eigenvalue weighted by Crippen LogP contribution is 2.27. The van der Waals surface area contributed by atoms with Gasteiger partial charge in [-0.3, -0.25) is 0 Å². The molecule has 0 unspecified atom stereocenters. The van der Waals surface area contributed by atoms with E-state index in [9.17, 15) is 13.2 Å². The van der Waals surface area contributed by atoms with E-state index in [1.807, 2.05) is 0 Å². The van der Waals surface area contributed by atoms with Crippen LogP contribution in [0, 0.1) is 11.6 Å². The second-order valence-corrected chi connectivity index (χ2v) is 4.02. The van der Waals surface area contributed by atoms with Crippen LogP contribution in [0.4, 0.5) is 13.2 Å². The van der Waals surface area contributed by atoms with Crippen LogP contribution in [0.25, 0.3) is 0 Å². The van der Waals surface area contributed by atoms with Gasteiger partial charge >= 0.3 is 0 Å². The summed E-state index contributed by atoms with van der Waals surface area (Å²) in [5.74, 6) is 2.76. The first-order valence-electron chi connectivity index (χ1n) is 4.85. The van der Waals surface area contributed by atoms with Crippen LogP contribution in [-0.4, -0.2) is 6.61 Å². The minimum atomic E-state index is -1.72. The largest absolute Gasteiger partial charge is 0.304 e. The van der Waals surface area contributed by atoms with Gasteiger partial charge in [-0.15, -0.1) is 0 Å². The fourth-order valence-corrected chi connectivity index (χ4v) is 1.34. The molecule has 0 bridgehead atoms. The van der Waals surface area contributed by atoms with Gasteiger partial charge in [0.1, 0.15) is 5.67 Å². The summed E-state index contributed by atoms with van der Waals surface area (Å²) < 4.78 is 40.1. The van der Waals surface area contributed by atoms with Crippen LogP contribution >= 0.6 is 0 Å². The molecule has 2 nitrogen and oxygen atoms in total. The molecular formula is C11H14F3NO. The summed E-state index contributed by atoms with van der Waals surface area (Å²) in [5, 5.41) is 0. The van der Waals surface area contributed by atoms with Crippen molar-refractivity contribution >= 4 is 0 Å². The Morgan fingerprint density at radius 1 is 1.31 bits per heavy atom. The van der Waals surface area contributed by atoms with Crippen molar-refractivity contribution < 1.29 is 18.0 Å². The number of alkyl halides is 1. The molecule has 0 spiro atoms. The van der Waals surface area contributed by atoms with Crippen molar-refractivity contribution in [3.63, 3.8) is 0 Å². The van der Waals surface area contributed by atoms with E-state index in [0.29, 0.717) is 0 Å². The van der Waals surface area contributed by atoms with E-state index in [4.69, 9.17) is 5.90 Å². The number of hydrogen-bond acceptors (Lipinski definition) is 2. The van der Waals surface area contributed by atoms with Crippen LogP contribution in [0.5, 0.6) is 0 Å². The molecule has 5 heteroatoms. The number of rotatable bonds is 4. The Morgan fingerprint density at radius 2 is 1.94 bits per heavy atom. The average molecular weight is 233 g/mol. The van der Waals surface area contributed by atoms with Crippen LogP contribution < -0.4 is 5.90 Å². The Bertz CT molecular complexity index is 374. The zero-order valence-electron chi connectivity index (χ0n) is 9.19. The van der Waals surface area contributed by atoms with Crippen LogP contribution in [0.2, 0.25) is 0 Å². The Balaban J connectivity index is 3.12. The number of nitrogens with two attached hydrogens (primary N) is 1. The zero-order valence-corrected chi connectivity index (χ0v) is 9.19. The van der Waals surface area contributed by atoms with E-state index in [1.165, 1.54) is 19.9 Å². The molecule has 0 aliphatic carbocycles. The van der Waals surface area contributed by atoms with Crippen molar-refractivity contribution in [3.8, 4) is 0 Å². The summed E-state index contributed by atoms with van der Waals surface area (Å²) in [7, 11) is 0. The van der Waals surface area contributed by atoms with Crippen molar-refractivity contribution in [1.29, 1.82) is 0 Å². The van der Waals surface area contributed by atoms with Gasteiger partial charge < -0.3 is 4.84 Å². The molecule has 0 aromatic heterocycles. The fourth-order valence-electron chi connectivity index (χ4n) is 1.34. The lowest BCUT2D eigenvalue weighted by atomic mass is 9.96. The lowest BCUT2D eigenvalue weighted by Crippen LogP contribution is -2.13. The minimum Gasteiger partial charge on any atom is -0.304 e. The Morgan fingerprint density at radius 3 is 2.44 bits per heavy atom. The second-order valence-electron chi connectivity index (χ2n) is 4.02. The molecule has 0 atom stereocenters. The molecule has 1 aromatic rings. The van der Waals surface area contributed by atoms with E-state index in [1.54, 1.807) is 0 Å². The van der Waals surface area contributed by atoms with E-state index >= 15 is 0 Å². The fraction of sp³-hybridized carbons (Fsp3) is 0.455. The smallest absolute Gasteiger partial charge is 0.162 e. The normalized spacial score (nSPS) is 11.9. The van der Waals surface area contributed by atoms with Crippen molar-refractivity contribution in [2.45, 2.75) is 25.9 Å². The van der Waals surface area contributed by atoms with Gasteiger partial charge in [0, 0.05) is 6.42 Å². The molecule has 0 saturated heterocycles. The molecule has 0 aliphatic rings. The lowest BCUT2D eigenvalue weighted by molar-refractivity contribution is 0.140. The number of benzene rings is 1. The van der Waals surface area contributed by atoms with E-state index in [0.717, 1.165) is 6.07 Å². The van der Waals surface area contributed by atoms with E-state index in [-0.39, 0.29) is 24.2 Å². The van der Waals surface area contributed by atoms with Gasteiger partial charge in [-0.05, 0) is 37.1 Å². The number of halogens is 3. The van der Waals surface area contributed by atoms with E-state index < -0.39 is 17.3 Å². The van der Waals surface area contributed by atoms with Crippen molar-refractivity contribution in [2.24, 2.45) is 5.90 Å². The Kier molecular flexibility index (Phi) is 3.93. The van der Waals surface area contributed by atoms with E-state index in [2.05, 4.69) is 4.84 Å². The summed E-state index contributed by atoms with van der Waals surface area (Å²) in [6.07, 6.45) is 0.100. The molecule has 1 aromatic carbocycles. The first-order chi connectivity index (χ1) is 7.36. The minimum absolute atomic E-state index is 0.0481. The van der Waals surface area contributed by atoms with Crippen molar-refractivity contribution in [2.75, 3.05) is 6.61 Å². The molecule has 1 rings (SSSR count). The number of hydrogen-bond donors (Lipinski definition) is 1. The van der Waals surface area contributed by atoms with Gasteiger partial charge in [0.15, 0.2) is 11.6 Å². The van der Waals surface area contributed by atoms with Crippen molar-refractivity contribution in [3.05, 3.63) is 34.9 Å². The second kappa shape index (κ2) is 4.84. The van der Waals surface area contributed by atoms with Crippen LogP contribution in [0.1, 0.15) is 25.0 Å². The molecule has 2 N–H and O–H groups in total. The highest BCUT2D eigenvalue weighted by atomic mass is 19.2. The Labute approximate surface area is 92.2 Å². The van der Waals surface area contributed by atoms with Gasteiger partial charge in [-0.2, -0.15) is 0 Å². The summed E-state index contributed by atoms with van der Waals surface area (Å²) in [4.78, 5) is 4.28. The molecule has 0 fully saturated rings. The standard InChI is InChI=1S/C11H14F3NO/c1-11(2,14)8-5-7(3-4-16-15)10(13)9(12)6-8/h5-6H,3-4,15H2,1-2H3. The third kappa shape index (κ3) is 2.96. The maximum atomic E-state index is 13.6. The third-order valence-corrected chi connectivity index (χ3v) is 2.28. The lowest BCUT2D eigenvalue weighted by Gasteiger charge is -2.16. The van der Waals surface area contributed by atoms with Gasteiger partial charge in [-0.1, -0.05) is 0 Å². The average Bonchev–Trinajstić information content (AvgIpc) is 2.18. The van der Waals surface area contributed by atoms with Crippen LogP contribution in [-0.2, 0) is 16.9 Å². The highest BCUT2D eigenvalue weighted by Gasteiger charge is 2.22. The molecule has 0 amide bonds. The molecule has 16 heavy (non-hydrogen) atoms. The SMILES string of the molecule is CC(C)(F)c1cc(F)c(F)c(CCON)c1. The van der Waals surface area contributed by atoms with Gasteiger partial charge in [-0.25, -0.2) is 19.1 Å². The van der Waals surface area contributed by atoms with Crippen molar-refractivity contribution in [1.82, 2.24) is 0 Å². The van der Waals surface area contributed by atoms with Gasteiger partial charge in [0.05, 0.1) is 6.61 Å². The molecule has 0 saturated carbocycles. The van der Waals surface area contributed by atoms with Gasteiger partial charge in [0.2, 0.25) is 0 Å². The van der Waals surface area contributed by atoms with Crippen LogP contribution in [0.15, 0.2) is 12.1 Å². The summed E-state index contributed by atoms with van der Waals surface area (Å²) >= 11 is 0. The molecule has 0 radical (unpaired) electrons. The maximum absolute atomic E-state index is 13.6. The molecule has 0 heterocycles. The van der Waals surface area contributed by atoms with Gasteiger partial charge in [0.25, 0.3) is 0 Å². The summed E-state index contributed by atoms with van der Waals surface area (Å²) in [6, 6.07) is 2.15. The molecule has 0 aliphatic heterocycles. The zero-order chi connectivity index (χ0) is 12.3. The predicted molar refractivity (Wildman–Crippen MR) is 54.3 cm³/mol.